The third-order valence-electron chi connectivity index (χ3n) is 3.42. The van der Waals surface area contributed by atoms with Gasteiger partial charge in [-0.05, 0) is 23.8 Å². The van der Waals surface area contributed by atoms with Gasteiger partial charge in [0.05, 0.1) is 12.7 Å². The number of hydrogen-bond donors (Lipinski definition) is 1. The summed E-state index contributed by atoms with van der Waals surface area (Å²) in [5.74, 6) is -0.524. The molecule has 2 aromatic carbocycles. The van der Waals surface area contributed by atoms with Crippen LogP contribution in [0.5, 0.6) is 0 Å². The Labute approximate surface area is 116 Å². The van der Waals surface area contributed by atoms with Gasteiger partial charge in [0.25, 0.3) is 0 Å². The maximum Gasteiger partial charge on any atom is 0.337 e. The summed E-state index contributed by atoms with van der Waals surface area (Å²) in [5.41, 5.74) is 3.23. The molecule has 0 radical (unpaired) electrons. The van der Waals surface area contributed by atoms with Crippen molar-refractivity contribution in [3.8, 4) is 0 Å². The van der Waals surface area contributed by atoms with Gasteiger partial charge < -0.3 is 10.1 Å². The van der Waals surface area contributed by atoms with Crippen molar-refractivity contribution in [3.05, 3.63) is 64.7 Å². The third kappa shape index (κ3) is 1.95. The van der Waals surface area contributed by atoms with E-state index in [-0.39, 0.29) is 5.78 Å². The Morgan fingerprint density at radius 3 is 2.75 bits per heavy atom. The molecule has 0 spiro atoms. The molecule has 0 amide bonds. The number of ketones is 1. The lowest BCUT2D eigenvalue weighted by Gasteiger charge is -2.08. The van der Waals surface area contributed by atoms with Gasteiger partial charge in [-0.2, -0.15) is 0 Å². The topological polar surface area (TPSA) is 55.4 Å². The number of ether oxygens (including phenoxy) is 1. The molecule has 1 aliphatic rings. The lowest BCUT2D eigenvalue weighted by molar-refractivity contribution is 0.0601. The van der Waals surface area contributed by atoms with Crippen LogP contribution in [0.15, 0.2) is 42.5 Å². The molecule has 1 N–H and O–H groups in total. The van der Waals surface area contributed by atoms with Crippen molar-refractivity contribution in [3.63, 3.8) is 0 Å². The van der Waals surface area contributed by atoms with E-state index in [1.54, 1.807) is 24.3 Å². The van der Waals surface area contributed by atoms with E-state index in [4.69, 9.17) is 4.74 Å². The van der Waals surface area contributed by atoms with E-state index in [2.05, 4.69) is 5.32 Å². The summed E-state index contributed by atoms with van der Waals surface area (Å²) >= 11 is 0. The minimum absolute atomic E-state index is 0.0775. The van der Waals surface area contributed by atoms with Gasteiger partial charge in [0.15, 0.2) is 5.78 Å². The highest BCUT2D eigenvalue weighted by Crippen LogP contribution is 2.27. The van der Waals surface area contributed by atoms with E-state index in [1.807, 2.05) is 18.2 Å². The van der Waals surface area contributed by atoms with Crippen molar-refractivity contribution in [2.45, 2.75) is 6.54 Å². The van der Waals surface area contributed by atoms with E-state index in [0.717, 1.165) is 11.3 Å². The third-order valence-corrected chi connectivity index (χ3v) is 3.42. The number of carbonyl (C=O) groups excluding carboxylic acids is 2. The molecule has 4 nitrogen and oxygen atoms in total. The number of hydrogen-bond acceptors (Lipinski definition) is 4. The summed E-state index contributed by atoms with van der Waals surface area (Å²) in [6.07, 6.45) is 0. The zero-order chi connectivity index (χ0) is 14.1. The van der Waals surface area contributed by atoms with E-state index < -0.39 is 5.97 Å². The molecule has 0 atom stereocenters. The SMILES string of the molecule is COC(=O)c1ccc2c(c1)C(=O)c1ccccc1CN2. The van der Waals surface area contributed by atoms with Crippen LogP contribution in [0.4, 0.5) is 5.69 Å². The van der Waals surface area contributed by atoms with Gasteiger partial charge in [-0.15, -0.1) is 0 Å². The quantitative estimate of drug-likeness (QED) is 0.807. The number of methoxy groups -OCH3 is 1. The lowest BCUT2D eigenvalue weighted by Crippen LogP contribution is -2.07. The normalized spacial score (nSPS) is 12.8. The first-order valence-electron chi connectivity index (χ1n) is 6.29. The van der Waals surface area contributed by atoms with E-state index in [9.17, 15) is 9.59 Å². The van der Waals surface area contributed by atoms with Crippen molar-refractivity contribution < 1.29 is 14.3 Å². The fourth-order valence-electron chi connectivity index (χ4n) is 2.36. The second kappa shape index (κ2) is 4.81. The highest BCUT2D eigenvalue weighted by Gasteiger charge is 2.22. The molecule has 1 heterocycles. The van der Waals surface area contributed by atoms with E-state index >= 15 is 0 Å². The number of benzene rings is 2. The van der Waals surface area contributed by atoms with E-state index in [1.165, 1.54) is 7.11 Å². The Hall–Kier alpha value is -2.62. The molecule has 100 valence electrons. The summed E-state index contributed by atoms with van der Waals surface area (Å²) in [7, 11) is 1.32. The number of anilines is 1. The monoisotopic (exact) mass is 267 g/mol. The van der Waals surface area contributed by atoms with Crippen molar-refractivity contribution in [2.24, 2.45) is 0 Å². The van der Waals surface area contributed by atoms with Gasteiger partial charge in [-0.1, -0.05) is 24.3 Å². The zero-order valence-corrected chi connectivity index (χ0v) is 11.0. The Bertz CT molecular complexity index is 707. The summed E-state index contributed by atoms with van der Waals surface area (Å²) < 4.78 is 4.69. The van der Waals surface area contributed by atoms with Crippen molar-refractivity contribution in [1.82, 2.24) is 0 Å². The first kappa shape index (κ1) is 12.4. The van der Waals surface area contributed by atoms with Gasteiger partial charge in [0.2, 0.25) is 0 Å². The standard InChI is InChI=1S/C16H13NO3/c1-20-16(19)10-6-7-14-13(8-10)15(18)12-5-3-2-4-11(12)9-17-14/h2-8,17H,9H2,1H3. The van der Waals surface area contributed by atoms with Crippen LogP contribution in [0.1, 0.15) is 31.8 Å². The molecule has 20 heavy (non-hydrogen) atoms. The van der Waals surface area contributed by atoms with Crippen molar-refractivity contribution in [2.75, 3.05) is 12.4 Å². The van der Waals surface area contributed by atoms with Crippen LogP contribution < -0.4 is 5.32 Å². The molecule has 0 aromatic heterocycles. The Morgan fingerprint density at radius 2 is 1.95 bits per heavy atom. The Balaban J connectivity index is 2.13. The molecular formula is C16H13NO3. The number of esters is 1. The van der Waals surface area contributed by atoms with Crippen LogP contribution in [0.25, 0.3) is 0 Å². The van der Waals surface area contributed by atoms with Crippen LogP contribution in [0.3, 0.4) is 0 Å². The predicted molar refractivity (Wildman–Crippen MR) is 75.0 cm³/mol. The summed E-state index contributed by atoms with van der Waals surface area (Å²) in [6, 6.07) is 12.5. The van der Waals surface area contributed by atoms with Crippen LogP contribution in [-0.4, -0.2) is 18.9 Å². The fraction of sp³-hybridized carbons (Fsp3) is 0.125. The second-order valence-electron chi connectivity index (χ2n) is 4.59. The number of fused-ring (bicyclic) bond motifs is 2. The molecule has 0 saturated heterocycles. The van der Waals surface area contributed by atoms with Gasteiger partial charge >= 0.3 is 5.97 Å². The lowest BCUT2D eigenvalue weighted by atomic mass is 9.98. The molecule has 3 rings (SSSR count). The number of rotatable bonds is 1. The summed E-state index contributed by atoms with van der Waals surface area (Å²) in [4.78, 5) is 24.2. The van der Waals surface area contributed by atoms with Crippen LogP contribution in [0, 0.1) is 0 Å². The minimum Gasteiger partial charge on any atom is -0.465 e. The molecule has 4 heteroatoms. The highest BCUT2D eigenvalue weighted by atomic mass is 16.5. The first-order chi connectivity index (χ1) is 9.70. The van der Waals surface area contributed by atoms with Crippen LogP contribution in [-0.2, 0) is 11.3 Å². The predicted octanol–water partition coefficient (Wildman–Crippen LogP) is 2.63. The maximum absolute atomic E-state index is 12.6. The van der Waals surface area contributed by atoms with Gasteiger partial charge in [0.1, 0.15) is 0 Å². The van der Waals surface area contributed by atoms with Crippen molar-refractivity contribution >= 4 is 17.4 Å². The fourth-order valence-corrected chi connectivity index (χ4v) is 2.36. The zero-order valence-electron chi connectivity index (χ0n) is 11.0. The Kier molecular flexibility index (Phi) is 2.99. The van der Waals surface area contributed by atoms with Crippen LogP contribution in [0.2, 0.25) is 0 Å². The molecule has 0 bridgehead atoms. The molecule has 0 saturated carbocycles. The average Bonchev–Trinajstić information content (AvgIpc) is 2.64. The summed E-state index contributed by atoms with van der Waals surface area (Å²) in [5, 5.41) is 3.22. The molecule has 1 aliphatic heterocycles. The smallest absolute Gasteiger partial charge is 0.337 e. The number of nitrogens with one attached hydrogen (secondary N) is 1. The molecular weight excluding hydrogens is 254 g/mol. The highest BCUT2D eigenvalue weighted by molar-refractivity contribution is 6.14. The van der Waals surface area contributed by atoms with Crippen molar-refractivity contribution in [1.29, 1.82) is 0 Å². The van der Waals surface area contributed by atoms with Crippen LogP contribution >= 0.6 is 0 Å². The summed E-state index contributed by atoms with van der Waals surface area (Å²) in [6.45, 7) is 0.590. The molecule has 2 aromatic rings. The maximum atomic E-state index is 12.6. The largest absolute Gasteiger partial charge is 0.465 e. The molecule has 0 aliphatic carbocycles. The first-order valence-corrected chi connectivity index (χ1v) is 6.29. The van der Waals surface area contributed by atoms with Gasteiger partial charge in [0, 0.05) is 23.4 Å². The van der Waals surface area contributed by atoms with Gasteiger partial charge in [-0.25, -0.2) is 4.79 Å². The average molecular weight is 267 g/mol. The van der Waals surface area contributed by atoms with E-state index in [0.29, 0.717) is 23.2 Å². The molecule has 0 fully saturated rings. The minimum atomic E-state index is -0.446. The van der Waals surface area contributed by atoms with Gasteiger partial charge in [-0.3, -0.25) is 4.79 Å². The second-order valence-corrected chi connectivity index (χ2v) is 4.59. The molecule has 0 unspecified atom stereocenters. The Morgan fingerprint density at radius 1 is 1.15 bits per heavy atom. The number of carbonyl (C=O) groups is 2.